The topological polar surface area (TPSA) is 67.4 Å². The molecule has 2 rings (SSSR count). The summed E-state index contributed by atoms with van der Waals surface area (Å²) in [5.41, 5.74) is 0.0714. The Morgan fingerprint density at radius 2 is 1.50 bits per heavy atom. The molecule has 2 aromatic carbocycles. The maximum absolute atomic E-state index is 13.7. The lowest BCUT2D eigenvalue weighted by atomic mass is 9.97. The van der Waals surface area contributed by atoms with Gasteiger partial charge in [-0.1, -0.05) is 59.1 Å². The predicted octanol–water partition coefficient (Wildman–Crippen LogP) is 6.82. The number of halogens is 9. The third-order valence-corrected chi connectivity index (χ3v) is 6.37. The summed E-state index contributed by atoms with van der Waals surface area (Å²) in [6.45, 7) is 0.343. The lowest BCUT2D eigenvalue weighted by molar-refractivity contribution is -0.159. The van der Waals surface area contributed by atoms with Crippen LogP contribution in [-0.2, 0) is 9.53 Å². The summed E-state index contributed by atoms with van der Waals surface area (Å²) in [6, 6.07) is 3.78. The first kappa shape index (κ1) is 31.7. The van der Waals surface area contributed by atoms with Crippen LogP contribution in [0.2, 0.25) is 15.1 Å². The predicted molar refractivity (Wildman–Crippen MR) is 133 cm³/mol. The lowest BCUT2D eigenvalue weighted by Crippen LogP contribution is -2.54. The molecule has 3 atom stereocenters. The smallest absolute Gasteiger partial charge is 0.382 e. The number of hydrogen-bond donors (Lipinski definition) is 2. The molecule has 208 valence electrons. The standard InChI is InChI=1S/C24H21Cl3F6N2O3/c1-12(23(28,29)30)34-22(37)19(11-38-2)35-21(36)14-6-3-13(4-7-14)5-8-16(24(31,32)33)15-9-17(25)20(27)18(26)10-15/h3-10,12,16,19H,11H2,1-2H3,(H,34,37)(H,35,36)/b8-5+. The highest BCUT2D eigenvalue weighted by Crippen LogP contribution is 2.41. The first-order valence-electron chi connectivity index (χ1n) is 10.7. The number of benzene rings is 2. The second-order valence-corrected chi connectivity index (χ2v) is 9.24. The molecule has 14 heteroatoms. The molecule has 0 aromatic heterocycles. The van der Waals surface area contributed by atoms with Gasteiger partial charge in [0.25, 0.3) is 5.91 Å². The van der Waals surface area contributed by atoms with E-state index in [4.69, 9.17) is 39.5 Å². The number of hydrogen-bond acceptors (Lipinski definition) is 3. The highest BCUT2D eigenvalue weighted by molar-refractivity contribution is 6.48. The van der Waals surface area contributed by atoms with Crippen LogP contribution in [0.25, 0.3) is 6.08 Å². The van der Waals surface area contributed by atoms with Gasteiger partial charge in [-0.2, -0.15) is 26.3 Å². The highest BCUT2D eigenvalue weighted by atomic mass is 35.5. The molecule has 5 nitrogen and oxygen atoms in total. The summed E-state index contributed by atoms with van der Waals surface area (Å²) < 4.78 is 84.1. The van der Waals surface area contributed by atoms with E-state index in [0.717, 1.165) is 25.1 Å². The number of alkyl halides is 6. The second kappa shape index (κ2) is 13.1. The van der Waals surface area contributed by atoms with E-state index in [1.807, 2.05) is 0 Å². The van der Waals surface area contributed by atoms with Gasteiger partial charge in [-0.15, -0.1) is 0 Å². The molecule has 0 radical (unpaired) electrons. The first-order chi connectivity index (χ1) is 17.5. The van der Waals surface area contributed by atoms with Crippen LogP contribution >= 0.6 is 34.8 Å². The van der Waals surface area contributed by atoms with Crippen LogP contribution in [0.15, 0.2) is 42.5 Å². The molecule has 0 aliphatic carbocycles. The van der Waals surface area contributed by atoms with Crippen LogP contribution < -0.4 is 10.6 Å². The average molecular weight is 606 g/mol. The molecule has 0 aliphatic heterocycles. The molecule has 0 fully saturated rings. The van der Waals surface area contributed by atoms with E-state index >= 15 is 0 Å². The fraction of sp³-hybridized carbons (Fsp3) is 0.333. The molecule has 2 N–H and O–H groups in total. The zero-order valence-corrected chi connectivity index (χ0v) is 22.0. The molecule has 38 heavy (non-hydrogen) atoms. The number of rotatable bonds is 9. The van der Waals surface area contributed by atoms with Gasteiger partial charge in [-0.3, -0.25) is 9.59 Å². The van der Waals surface area contributed by atoms with Crippen LogP contribution in [-0.4, -0.2) is 50.0 Å². The molecule has 0 heterocycles. The summed E-state index contributed by atoms with van der Waals surface area (Å²) >= 11 is 17.6. The van der Waals surface area contributed by atoms with Gasteiger partial charge in [0.05, 0.1) is 27.6 Å². The normalized spacial score (nSPS) is 14.7. The van der Waals surface area contributed by atoms with E-state index in [-0.39, 0.29) is 26.2 Å². The Balaban J connectivity index is 2.18. The van der Waals surface area contributed by atoms with E-state index in [1.54, 1.807) is 5.32 Å². The molecule has 2 amide bonds. The van der Waals surface area contributed by atoms with Crippen LogP contribution in [0.5, 0.6) is 0 Å². The summed E-state index contributed by atoms with van der Waals surface area (Å²) in [5.74, 6) is -3.98. The minimum absolute atomic E-state index is 0.00330. The molecule has 0 aliphatic rings. The average Bonchev–Trinajstić information content (AvgIpc) is 2.81. The van der Waals surface area contributed by atoms with Crippen molar-refractivity contribution in [1.29, 1.82) is 0 Å². The summed E-state index contributed by atoms with van der Waals surface area (Å²) in [4.78, 5) is 24.7. The van der Waals surface area contributed by atoms with Crippen molar-refractivity contribution < 1.29 is 40.7 Å². The van der Waals surface area contributed by atoms with Gasteiger partial charge in [0.15, 0.2) is 0 Å². The third kappa shape index (κ3) is 8.79. The molecule has 0 saturated heterocycles. The molecule has 0 spiro atoms. The Kier molecular flexibility index (Phi) is 10.9. The number of carbonyl (C=O) groups is 2. The van der Waals surface area contributed by atoms with E-state index < -0.39 is 48.8 Å². The van der Waals surface area contributed by atoms with Crippen LogP contribution in [0, 0.1) is 0 Å². The van der Waals surface area contributed by atoms with Crippen molar-refractivity contribution >= 4 is 52.7 Å². The minimum Gasteiger partial charge on any atom is -0.382 e. The van der Waals surface area contributed by atoms with Gasteiger partial charge in [0.1, 0.15) is 12.1 Å². The Bertz CT molecular complexity index is 1150. The molecule has 3 unspecified atom stereocenters. The van der Waals surface area contributed by atoms with Crippen molar-refractivity contribution in [3.63, 3.8) is 0 Å². The van der Waals surface area contributed by atoms with Crippen molar-refractivity contribution in [2.24, 2.45) is 0 Å². The Hall–Kier alpha value is -2.47. The summed E-state index contributed by atoms with van der Waals surface area (Å²) in [7, 11) is 1.20. The third-order valence-electron chi connectivity index (χ3n) is 5.18. The number of carbonyl (C=O) groups excluding carboxylic acids is 2. The SMILES string of the molecule is COCC(NC(=O)c1ccc(/C=C/C(c2cc(Cl)c(Cl)c(Cl)c2)C(F)(F)F)cc1)C(=O)NC(C)C(F)(F)F. The van der Waals surface area contributed by atoms with Crippen LogP contribution in [0.1, 0.15) is 34.3 Å². The van der Waals surface area contributed by atoms with Crippen molar-refractivity contribution in [2.45, 2.75) is 37.3 Å². The van der Waals surface area contributed by atoms with Crippen LogP contribution in [0.4, 0.5) is 26.3 Å². The van der Waals surface area contributed by atoms with Gasteiger partial charge in [-0.25, -0.2) is 0 Å². The Labute approximate surface area is 229 Å². The highest BCUT2D eigenvalue weighted by Gasteiger charge is 2.40. The molecular formula is C24H21Cl3F6N2O3. The van der Waals surface area contributed by atoms with E-state index in [1.165, 1.54) is 37.5 Å². The monoisotopic (exact) mass is 604 g/mol. The zero-order chi connectivity index (χ0) is 28.8. The number of nitrogens with one attached hydrogen (secondary N) is 2. The van der Waals surface area contributed by atoms with Crippen molar-refractivity contribution in [3.8, 4) is 0 Å². The van der Waals surface area contributed by atoms with Gasteiger partial charge in [-0.05, 0) is 42.3 Å². The molecular weight excluding hydrogens is 585 g/mol. The molecule has 2 aromatic rings. The van der Waals surface area contributed by atoms with Crippen molar-refractivity contribution in [3.05, 3.63) is 74.2 Å². The Morgan fingerprint density at radius 3 is 1.97 bits per heavy atom. The molecule has 0 saturated carbocycles. The lowest BCUT2D eigenvalue weighted by Gasteiger charge is -2.22. The number of ether oxygens (including phenoxy) is 1. The Morgan fingerprint density at radius 1 is 0.947 bits per heavy atom. The second-order valence-electron chi connectivity index (χ2n) is 8.05. The fourth-order valence-corrected chi connectivity index (χ4v) is 3.72. The van der Waals surface area contributed by atoms with Crippen molar-refractivity contribution in [1.82, 2.24) is 10.6 Å². The van der Waals surface area contributed by atoms with Crippen molar-refractivity contribution in [2.75, 3.05) is 13.7 Å². The van der Waals surface area contributed by atoms with Gasteiger partial charge in [0, 0.05) is 12.7 Å². The number of amides is 2. The molecule has 0 bridgehead atoms. The van der Waals surface area contributed by atoms with E-state index in [2.05, 4.69) is 5.32 Å². The van der Waals surface area contributed by atoms with E-state index in [9.17, 15) is 35.9 Å². The van der Waals surface area contributed by atoms with Gasteiger partial charge < -0.3 is 15.4 Å². The maximum Gasteiger partial charge on any atom is 0.408 e. The summed E-state index contributed by atoms with van der Waals surface area (Å²) in [5, 5.41) is 3.67. The maximum atomic E-state index is 13.7. The first-order valence-corrected chi connectivity index (χ1v) is 11.8. The van der Waals surface area contributed by atoms with E-state index in [0.29, 0.717) is 5.56 Å². The zero-order valence-electron chi connectivity index (χ0n) is 19.7. The van der Waals surface area contributed by atoms with Gasteiger partial charge in [0.2, 0.25) is 5.91 Å². The fourth-order valence-electron chi connectivity index (χ4n) is 3.10. The quantitative estimate of drug-likeness (QED) is 0.244. The summed E-state index contributed by atoms with van der Waals surface area (Å²) in [6.07, 6.45) is -7.31. The largest absolute Gasteiger partial charge is 0.408 e. The van der Waals surface area contributed by atoms with Crippen LogP contribution in [0.3, 0.4) is 0 Å². The number of methoxy groups -OCH3 is 1. The number of allylic oxidation sites excluding steroid dienone is 1. The van der Waals surface area contributed by atoms with Gasteiger partial charge >= 0.3 is 12.4 Å². The minimum atomic E-state index is -4.68.